The second-order valence-corrected chi connectivity index (χ2v) is 7.70. The van der Waals surface area contributed by atoms with Gasteiger partial charge in [-0.1, -0.05) is 0 Å². The molecule has 4 aliphatic rings. The monoisotopic (exact) mass is 340 g/mol. The smallest absolute Gasteiger partial charge is 0.255 e. The van der Waals surface area contributed by atoms with Crippen LogP contribution in [0, 0.1) is 5.41 Å². The molecular weight excluding hydrogens is 320 g/mol. The number of benzene rings is 1. The summed E-state index contributed by atoms with van der Waals surface area (Å²) < 4.78 is 0. The van der Waals surface area contributed by atoms with Gasteiger partial charge in [0.1, 0.15) is 6.04 Å². The van der Waals surface area contributed by atoms with Gasteiger partial charge in [-0.3, -0.25) is 19.7 Å². The van der Waals surface area contributed by atoms with E-state index in [4.69, 9.17) is 0 Å². The molecule has 2 N–H and O–H groups in total. The van der Waals surface area contributed by atoms with Crippen LogP contribution in [0.1, 0.15) is 28.8 Å². The molecule has 0 unspecified atom stereocenters. The van der Waals surface area contributed by atoms with Gasteiger partial charge < -0.3 is 15.1 Å². The van der Waals surface area contributed by atoms with Crippen LogP contribution < -0.4 is 15.5 Å². The number of anilines is 1. The third-order valence-electron chi connectivity index (χ3n) is 5.92. The number of carbonyl (C=O) groups excluding carboxylic acids is 3. The van der Waals surface area contributed by atoms with Crippen LogP contribution in [0.4, 0.5) is 5.69 Å². The summed E-state index contributed by atoms with van der Waals surface area (Å²) in [6, 6.07) is 5.42. The highest BCUT2D eigenvalue weighted by Gasteiger charge is 2.48. The molecule has 0 radical (unpaired) electrons. The van der Waals surface area contributed by atoms with E-state index in [1.54, 1.807) is 4.90 Å². The Morgan fingerprint density at radius 3 is 2.60 bits per heavy atom. The Hall–Kier alpha value is -2.41. The minimum Gasteiger partial charge on any atom is -0.370 e. The molecular formula is C18H20N4O3. The van der Waals surface area contributed by atoms with E-state index < -0.39 is 6.04 Å². The lowest BCUT2D eigenvalue weighted by atomic mass is 9.74. The zero-order chi connectivity index (χ0) is 17.2. The highest BCUT2D eigenvalue weighted by Crippen LogP contribution is 2.39. The summed E-state index contributed by atoms with van der Waals surface area (Å²) in [5, 5.41) is 5.67. The third kappa shape index (κ3) is 2.18. The molecule has 4 heterocycles. The molecule has 1 aromatic rings. The summed E-state index contributed by atoms with van der Waals surface area (Å²) in [6.07, 6.45) is 0.685. The fraction of sp³-hybridized carbons (Fsp3) is 0.500. The lowest BCUT2D eigenvalue weighted by molar-refractivity contribution is -0.136. The Kier molecular flexibility index (Phi) is 3.01. The van der Waals surface area contributed by atoms with Crippen molar-refractivity contribution in [1.82, 2.24) is 15.5 Å². The number of fused-ring (bicyclic) bond motifs is 1. The predicted molar refractivity (Wildman–Crippen MR) is 90.0 cm³/mol. The number of amides is 3. The molecule has 7 nitrogen and oxygen atoms in total. The van der Waals surface area contributed by atoms with Crippen LogP contribution in [0.15, 0.2) is 18.2 Å². The average Bonchev–Trinajstić information content (AvgIpc) is 2.81. The van der Waals surface area contributed by atoms with Gasteiger partial charge in [0.2, 0.25) is 11.8 Å². The van der Waals surface area contributed by atoms with E-state index in [2.05, 4.69) is 21.6 Å². The van der Waals surface area contributed by atoms with Crippen molar-refractivity contribution in [3.05, 3.63) is 29.3 Å². The minimum absolute atomic E-state index is 0.112. The second kappa shape index (κ2) is 5.05. The van der Waals surface area contributed by atoms with E-state index in [1.165, 1.54) is 0 Å². The Balaban J connectivity index is 1.34. The van der Waals surface area contributed by atoms with Gasteiger partial charge in [0, 0.05) is 55.8 Å². The Bertz CT molecular complexity index is 794. The number of piperidine rings is 1. The van der Waals surface area contributed by atoms with Gasteiger partial charge >= 0.3 is 0 Å². The van der Waals surface area contributed by atoms with Gasteiger partial charge in [-0.15, -0.1) is 0 Å². The van der Waals surface area contributed by atoms with Crippen LogP contribution in [0.2, 0.25) is 0 Å². The van der Waals surface area contributed by atoms with Crippen molar-refractivity contribution in [1.29, 1.82) is 0 Å². The largest absolute Gasteiger partial charge is 0.370 e. The van der Waals surface area contributed by atoms with Gasteiger partial charge in [-0.2, -0.15) is 0 Å². The topological polar surface area (TPSA) is 81.8 Å². The van der Waals surface area contributed by atoms with Gasteiger partial charge in [0.25, 0.3) is 5.91 Å². The second-order valence-electron chi connectivity index (χ2n) is 7.70. The van der Waals surface area contributed by atoms with Gasteiger partial charge in [0.05, 0.1) is 0 Å². The quantitative estimate of drug-likeness (QED) is 0.732. The normalized spacial score (nSPS) is 27.0. The van der Waals surface area contributed by atoms with Crippen molar-refractivity contribution in [2.75, 3.05) is 31.1 Å². The van der Waals surface area contributed by atoms with Crippen molar-refractivity contribution in [2.45, 2.75) is 25.4 Å². The Labute approximate surface area is 145 Å². The van der Waals surface area contributed by atoms with Crippen LogP contribution in [-0.4, -0.2) is 54.8 Å². The first kappa shape index (κ1) is 14.9. The third-order valence-corrected chi connectivity index (χ3v) is 5.92. The summed E-state index contributed by atoms with van der Waals surface area (Å²) in [7, 11) is 0. The number of hydrogen-bond acceptors (Lipinski definition) is 5. The van der Waals surface area contributed by atoms with Crippen molar-refractivity contribution in [3.63, 3.8) is 0 Å². The Morgan fingerprint density at radius 1 is 1.12 bits per heavy atom. The first-order chi connectivity index (χ1) is 12.0. The zero-order valence-corrected chi connectivity index (χ0v) is 13.9. The van der Waals surface area contributed by atoms with Crippen molar-refractivity contribution < 1.29 is 14.4 Å². The fourth-order valence-corrected chi connectivity index (χ4v) is 4.41. The SMILES string of the molecule is O=C1CC[C@@H](N2Cc3cc(N4CC5(CNC5)C4)ccc3C2=O)C(=O)N1. The predicted octanol–water partition coefficient (Wildman–Crippen LogP) is -0.143. The zero-order valence-electron chi connectivity index (χ0n) is 13.9. The van der Waals surface area contributed by atoms with Crippen molar-refractivity contribution in [3.8, 4) is 0 Å². The lowest BCUT2D eigenvalue weighted by Crippen LogP contribution is -2.71. The molecule has 4 aliphatic heterocycles. The lowest BCUT2D eigenvalue weighted by Gasteiger charge is -2.57. The van der Waals surface area contributed by atoms with Gasteiger partial charge in [0.15, 0.2) is 0 Å². The van der Waals surface area contributed by atoms with Crippen LogP contribution in [-0.2, 0) is 16.1 Å². The van der Waals surface area contributed by atoms with Crippen LogP contribution in [0.3, 0.4) is 0 Å². The fourth-order valence-electron chi connectivity index (χ4n) is 4.41. The van der Waals surface area contributed by atoms with E-state index >= 15 is 0 Å². The molecule has 25 heavy (non-hydrogen) atoms. The highest BCUT2D eigenvalue weighted by molar-refractivity contribution is 6.05. The molecule has 5 rings (SSSR count). The van der Waals surface area contributed by atoms with E-state index in [0.717, 1.165) is 37.4 Å². The molecule has 0 bridgehead atoms. The number of carbonyl (C=O) groups is 3. The number of hydrogen-bond donors (Lipinski definition) is 2. The average molecular weight is 340 g/mol. The summed E-state index contributed by atoms with van der Waals surface area (Å²) in [6.45, 7) is 4.74. The number of imide groups is 1. The van der Waals surface area contributed by atoms with Crippen molar-refractivity contribution >= 4 is 23.4 Å². The highest BCUT2D eigenvalue weighted by atomic mass is 16.2. The maximum Gasteiger partial charge on any atom is 0.255 e. The van der Waals surface area contributed by atoms with Gasteiger partial charge in [-0.25, -0.2) is 0 Å². The molecule has 3 saturated heterocycles. The molecule has 130 valence electrons. The number of nitrogens with one attached hydrogen (secondary N) is 2. The molecule has 3 amide bonds. The number of nitrogens with zero attached hydrogens (tertiary/aromatic N) is 2. The van der Waals surface area contributed by atoms with Crippen molar-refractivity contribution in [2.24, 2.45) is 5.41 Å². The number of rotatable bonds is 2. The summed E-state index contributed by atoms with van der Waals surface area (Å²) >= 11 is 0. The first-order valence-corrected chi connectivity index (χ1v) is 8.78. The minimum atomic E-state index is -0.547. The molecule has 0 aromatic heterocycles. The molecule has 1 spiro atoms. The maximum absolute atomic E-state index is 12.7. The summed E-state index contributed by atoms with van der Waals surface area (Å²) in [5.41, 5.74) is 3.25. The van der Waals surface area contributed by atoms with E-state index in [0.29, 0.717) is 23.9 Å². The molecule has 7 heteroatoms. The molecule has 1 aromatic carbocycles. The first-order valence-electron chi connectivity index (χ1n) is 8.78. The van der Waals surface area contributed by atoms with E-state index in [9.17, 15) is 14.4 Å². The standard InChI is InChI=1S/C18H20N4O3/c23-15-4-3-14(16(24)20-15)22-6-11-5-12(1-2-13(11)17(22)25)21-9-18(10-21)7-19-8-18/h1-2,5,14,19H,3-4,6-10H2,(H,20,23,24)/t14-/m1/s1. The van der Waals surface area contributed by atoms with Gasteiger partial charge in [-0.05, 0) is 30.2 Å². The van der Waals surface area contributed by atoms with E-state index in [-0.39, 0.29) is 24.1 Å². The summed E-state index contributed by atoms with van der Waals surface area (Å²) in [4.78, 5) is 40.1. The molecule has 1 atom stereocenters. The Morgan fingerprint density at radius 2 is 1.92 bits per heavy atom. The van der Waals surface area contributed by atoms with Crippen LogP contribution in [0.25, 0.3) is 0 Å². The molecule has 3 fully saturated rings. The maximum atomic E-state index is 12.7. The molecule has 0 aliphatic carbocycles. The van der Waals surface area contributed by atoms with Crippen LogP contribution in [0.5, 0.6) is 0 Å². The van der Waals surface area contributed by atoms with E-state index in [1.807, 2.05) is 12.1 Å². The summed E-state index contributed by atoms with van der Waals surface area (Å²) in [5.74, 6) is -0.732. The van der Waals surface area contributed by atoms with Crippen LogP contribution >= 0.6 is 0 Å². The molecule has 0 saturated carbocycles.